The van der Waals surface area contributed by atoms with E-state index in [0.29, 0.717) is 0 Å². The van der Waals surface area contributed by atoms with Crippen LogP contribution in [0.25, 0.3) is 0 Å². The zero-order valence-corrected chi connectivity index (χ0v) is 10.2. The molecule has 1 amide bonds. The van der Waals surface area contributed by atoms with E-state index in [0.717, 1.165) is 19.5 Å². The first-order chi connectivity index (χ1) is 7.42. The van der Waals surface area contributed by atoms with E-state index in [1.54, 1.807) is 0 Å². The van der Waals surface area contributed by atoms with Gasteiger partial charge in [0.05, 0.1) is 0 Å². The molecule has 2 atom stereocenters. The third-order valence-corrected chi connectivity index (χ3v) is 2.54. The standard InChI is InChI=1S/C11H22N2O3/c1-11(2,3)16-10(15)13-9-4-5-12-6-8(9)7-14/h8-9,12,14H,4-7H2,1-3H3,(H,13,15)/t8-,9+/m0/s1. The SMILES string of the molecule is CC(C)(C)OC(=O)N[C@@H]1CCNC[C@H]1CO. The van der Waals surface area contributed by atoms with Crippen molar-refractivity contribution in [2.45, 2.75) is 38.8 Å². The summed E-state index contributed by atoms with van der Waals surface area (Å²) >= 11 is 0. The molecule has 5 heteroatoms. The summed E-state index contributed by atoms with van der Waals surface area (Å²) in [5, 5.41) is 15.2. The van der Waals surface area contributed by atoms with Crippen molar-refractivity contribution < 1.29 is 14.6 Å². The molecule has 0 aliphatic carbocycles. The summed E-state index contributed by atoms with van der Waals surface area (Å²) in [4.78, 5) is 11.6. The van der Waals surface area contributed by atoms with Crippen molar-refractivity contribution in [2.24, 2.45) is 5.92 Å². The second kappa shape index (κ2) is 5.50. The number of rotatable bonds is 2. The first kappa shape index (κ1) is 13.3. The number of amides is 1. The summed E-state index contributed by atoms with van der Waals surface area (Å²) in [7, 11) is 0. The maximum Gasteiger partial charge on any atom is 0.407 e. The van der Waals surface area contributed by atoms with Crippen molar-refractivity contribution in [3.8, 4) is 0 Å². The highest BCUT2D eigenvalue weighted by molar-refractivity contribution is 5.68. The van der Waals surface area contributed by atoms with Crippen LogP contribution in [-0.4, -0.2) is 42.5 Å². The molecule has 0 radical (unpaired) electrons. The molecule has 94 valence electrons. The third-order valence-electron chi connectivity index (χ3n) is 2.54. The fourth-order valence-corrected chi connectivity index (χ4v) is 1.76. The molecule has 0 aromatic rings. The van der Waals surface area contributed by atoms with Crippen LogP contribution in [0.3, 0.4) is 0 Å². The Morgan fingerprint density at radius 3 is 2.81 bits per heavy atom. The van der Waals surface area contributed by atoms with Crippen molar-refractivity contribution in [3.63, 3.8) is 0 Å². The summed E-state index contributed by atoms with van der Waals surface area (Å²) in [6.07, 6.45) is 0.419. The van der Waals surface area contributed by atoms with Crippen LogP contribution in [0.4, 0.5) is 4.79 Å². The minimum absolute atomic E-state index is 0.00102. The monoisotopic (exact) mass is 230 g/mol. The molecule has 1 fully saturated rings. The van der Waals surface area contributed by atoms with Crippen molar-refractivity contribution >= 4 is 6.09 Å². The zero-order chi connectivity index (χ0) is 12.2. The molecular formula is C11H22N2O3. The lowest BCUT2D eigenvalue weighted by atomic mass is 9.94. The van der Waals surface area contributed by atoms with Crippen LogP contribution in [0, 0.1) is 5.92 Å². The molecule has 0 saturated carbocycles. The highest BCUT2D eigenvalue weighted by Gasteiger charge is 2.27. The van der Waals surface area contributed by atoms with E-state index in [2.05, 4.69) is 10.6 Å². The average Bonchev–Trinajstić information content (AvgIpc) is 2.15. The predicted molar refractivity (Wildman–Crippen MR) is 61.2 cm³/mol. The molecule has 0 aromatic heterocycles. The summed E-state index contributed by atoms with van der Waals surface area (Å²) < 4.78 is 5.18. The first-order valence-corrected chi connectivity index (χ1v) is 5.73. The number of hydrogen-bond acceptors (Lipinski definition) is 4. The van der Waals surface area contributed by atoms with E-state index >= 15 is 0 Å². The topological polar surface area (TPSA) is 70.6 Å². The van der Waals surface area contributed by atoms with Gasteiger partial charge in [-0.15, -0.1) is 0 Å². The maximum atomic E-state index is 11.6. The van der Waals surface area contributed by atoms with Crippen LogP contribution in [-0.2, 0) is 4.74 Å². The largest absolute Gasteiger partial charge is 0.444 e. The molecule has 1 aliphatic rings. The van der Waals surface area contributed by atoms with Crippen LogP contribution < -0.4 is 10.6 Å². The van der Waals surface area contributed by atoms with Gasteiger partial charge in [0.1, 0.15) is 5.60 Å². The molecule has 16 heavy (non-hydrogen) atoms. The number of nitrogens with one attached hydrogen (secondary N) is 2. The Kier molecular flexibility index (Phi) is 4.56. The van der Waals surface area contributed by atoms with Gasteiger partial charge in [0.25, 0.3) is 0 Å². The Labute approximate surface area is 96.6 Å². The number of alkyl carbamates (subject to hydrolysis) is 1. The van der Waals surface area contributed by atoms with E-state index in [-0.39, 0.29) is 18.6 Å². The molecule has 1 aliphatic heterocycles. The van der Waals surface area contributed by atoms with Gasteiger partial charge in [-0.25, -0.2) is 4.79 Å². The quantitative estimate of drug-likeness (QED) is 0.645. The van der Waals surface area contributed by atoms with E-state index < -0.39 is 11.7 Å². The Morgan fingerprint density at radius 1 is 1.56 bits per heavy atom. The fraction of sp³-hybridized carbons (Fsp3) is 0.909. The van der Waals surface area contributed by atoms with Gasteiger partial charge in [0.2, 0.25) is 0 Å². The molecule has 3 N–H and O–H groups in total. The molecule has 1 rings (SSSR count). The van der Waals surface area contributed by atoms with Gasteiger partial charge in [-0.1, -0.05) is 0 Å². The van der Waals surface area contributed by atoms with Gasteiger partial charge >= 0.3 is 6.09 Å². The van der Waals surface area contributed by atoms with Gasteiger partial charge < -0.3 is 20.5 Å². The van der Waals surface area contributed by atoms with Crippen LogP contribution in [0.1, 0.15) is 27.2 Å². The lowest BCUT2D eigenvalue weighted by Crippen LogP contribution is -2.51. The summed E-state index contributed by atoms with van der Waals surface area (Å²) in [5.74, 6) is 0.0706. The van der Waals surface area contributed by atoms with Gasteiger partial charge in [-0.2, -0.15) is 0 Å². The molecular weight excluding hydrogens is 208 g/mol. The Morgan fingerprint density at radius 2 is 2.25 bits per heavy atom. The number of ether oxygens (including phenoxy) is 1. The molecule has 1 saturated heterocycles. The van der Waals surface area contributed by atoms with Gasteiger partial charge in [0.15, 0.2) is 0 Å². The molecule has 0 unspecified atom stereocenters. The van der Waals surface area contributed by atoms with Crippen molar-refractivity contribution in [1.29, 1.82) is 0 Å². The lowest BCUT2D eigenvalue weighted by Gasteiger charge is -2.32. The number of aliphatic hydroxyl groups excluding tert-OH is 1. The van der Waals surface area contributed by atoms with Gasteiger partial charge in [-0.05, 0) is 33.7 Å². The Balaban J connectivity index is 2.42. The summed E-state index contributed by atoms with van der Waals surface area (Å²) in [5.41, 5.74) is -0.480. The van der Waals surface area contributed by atoms with Crippen LogP contribution in [0.5, 0.6) is 0 Å². The maximum absolute atomic E-state index is 11.6. The normalized spacial score (nSPS) is 26.2. The number of hydrogen-bond donors (Lipinski definition) is 3. The van der Waals surface area contributed by atoms with E-state index in [1.807, 2.05) is 20.8 Å². The van der Waals surface area contributed by atoms with E-state index in [9.17, 15) is 9.90 Å². The minimum atomic E-state index is -0.480. The van der Waals surface area contributed by atoms with E-state index in [1.165, 1.54) is 0 Å². The number of aliphatic hydroxyl groups is 1. The van der Waals surface area contributed by atoms with Gasteiger partial charge in [-0.3, -0.25) is 0 Å². The van der Waals surface area contributed by atoms with Crippen LogP contribution in [0.15, 0.2) is 0 Å². The Bertz CT molecular complexity index is 238. The molecule has 5 nitrogen and oxygen atoms in total. The molecule has 0 bridgehead atoms. The van der Waals surface area contributed by atoms with Crippen molar-refractivity contribution in [2.75, 3.05) is 19.7 Å². The highest BCUT2D eigenvalue weighted by atomic mass is 16.6. The minimum Gasteiger partial charge on any atom is -0.444 e. The van der Waals surface area contributed by atoms with Crippen molar-refractivity contribution in [3.05, 3.63) is 0 Å². The summed E-state index contributed by atoms with van der Waals surface area (Å²) in [6, 6.07) is 0.00102. The molecule has 0 aromatic carbocycles. The van der Waals surface area contributed by atoms with Crippen LogP contribution >= 0.6 is 0 Å². The smallest absolute Gasteiger partial charge is 0.407 e. The average molecular weight is 230 g/mol. The second-order valence-corrected chi connectivity index (χ2v) is 5.19. The number of carbonyl (C=O) groups excluding carboxylic acids is 1. The summed E-state index contributed by atoms with van der Waals surface area (Å²) in [6.45, 7) is 7.16. The van der Waals surface area contributed by atoms with Gasteiger partial charge in [0, 0.05) is 25.1 Å². The zero-order valence-electron chi connectivity index (χ0n) is 10.2. The molecule has 0 spiro atoms. The third kappa shape index (κ3) is 4.37. The lowest BCUT2D eigenvalue weighted by molar-refractivity contribution is 0.0454. The number of piperidine rings is 1. The fourth-order valence-electron chi connectivity index (χ4n) is 1.76. The van der Waals surface area contributed by atoms with Crippen molar-refractivity contribution in [1.82, 2.24) is 10.6 Å². The first-order valence-electron chi connectivity index (χ1n) is 5.73. The predicted octanol–water partition coefficient (Wildman–Crippen LogP) is 0.481. The second-order valence-electron chi connectivity index (χ2n) is 5.19. The van der Waals surface area contributed by atoms with E-state index in [4.69, 9.17) is 4.74 Å². The molecule has 1 heterocycles. The number of carbonyl (C=O) groups is 1. The van der Waals surface area contributed by atoms with Crippen LogP contribution in [0.2, 0.25) is 0 Å². The Hall–Kier alpha value is -0.810. The highest BCUT2D eigenvalue weighted by Crippen LogP contribution is 2.12.